The normalized spacial score (nSPS) is 16.6. The topological polar surface area (TPSA) is 41.9 Å². The maximum Gasteiger partial charge on any atom is 0.325 e. The van der Waals surface area contributed by atoms with Gasteiger partial charge in [0.05, 0.1) is 18.8 Å². The number of rotatable bonds is 3. The van der Waals surface area contributed by atoms with E-state index in [9.17, 15) is 4.79 Å². The van der Waals surface area contributed by atoms with Gasteiger partial charge in [-0.15, -0.1) is 0 Å². The van der Waals surface area contributed by atoms with Gasteiger partial charge in [0.1, 0.15) is 12.4 Å². The Morgan fingerprint density at radius 3 is 2.70 bits per heavy atom. The van der Waals surface area contributed by atoms with Gasteiger partial charge in [-0.25, -0.2) is 4.99 Å². The highest BCUT2D eigenvalue weighted by Crippen LogP contribution is 2.40. The second-order valence-electron chi connectivity index (χ2n) is 5.38. The van der Waals surface area contributed by atoms with E-state index < -0.39 is 0 Å². The molecule has 0 radical (unpaired) electrons. The zero-order chi connectivity index (χ0) is 16.4. The van der Waals surface area contributed by atoms with Gasteiger partial charge in [0.2, 0.25) is 0 Å². The number of hydrogen-bond acceptors (Lipinski definition) is 4. The lowest BCUT2D eigenvalue weighted by atomic mass is 9.94. The zero-order valence-electron chi connectivity index (χ0n) is 13.0. The average Bonchev–Trinajstić information content (AvgIpc) is 2.56. The summed E-state index contributed by atoms with van der Waals surface area (Å²) in [6.07, 6.45) is 0. The summed E-state index contributed by atoms with van der Waals surface area (Å²) in [6.45, 7) is 2.08. The van der Waals surface area contributed by atoms with E-state index in [1.54, 1.807) is 0 Å². The van der Waals surface area contributed by atoms with Crippen molar-refractivity contribution in [2.75, 3.05) is 13.7 Å². The summed E-state index contributed by atoms with van der Waals surface area (Å²) >= 11 is 3.53. The van der Waals surface area contributed by atoms with Gasteiger partial charge in [-0.2, -0.15) is 0 Å². The zero-order valence-corrected chi connectivity index (χ0v) is 14.6. The van der Waals surface area contributed by atoms with E-state index in [0.29, 0.717) is 0 Å². The highest BCUT2D eigenvalue weighted by molar-refractivity contribution is 9.10. The van der Waals surface area contributed by atoms with Crippen molar-refractivity contribution < 1.29 is 9.53 Å². The third-order valence-electron chi connectivity index (χ3n) is 3.94. The van der Waals surface area contributed by atoms with Gasteiger partial charge in [-0.3, -0.25) is 4.79 Å². The van der Waals surface area contributed by atoms with Crippen LogP contribution in [-0.2, 0) is 9.53 Å². The monoisotopic (exact) mass is 372 g/mol. The van der Waals surface area contributed by atoms with Crippen molar-refractivity contribution in [2.45, 2.75) is 13.0 Å². The fraction of sp³-hybridized carbons (Fsp3) is 0.222. The Balaban J connectivity index is 2.13. The van der Waals surface area contributed by atoms with E-state index in [4.69, 9.17) is 4.74 Å². The van der Waals surface area contributed by atoms with Crippen LogP contribution < -0.4 is 0 Å². The molecule has 4 nitrogen and oxygen atoms in total. The largest absolute Gasteiger partial charge is 0.468 e. The second-order valence-corrected chi connectivity index (χ2v) is 6.30. The Hall–Kier alpha value is -2.14. The standard InChI is InChI=1S/C18H17BrN2O2/c1-12-20-16-9-8-14(19)10-15(16)18(13-6-4-3-5-7-13)21(12)11-17(22)23-2/h3-10,18H,11H2,1-2H3/t18-/m0/s1. The Morgan fingerprint density at radius 2 is 2.00 bits per heavy atom. The first kappa shape index (κ1) is 15.7. The highest BCUT2D eigenvalue weighted by Gasteiger charge is 2.31. The van der Waals surface area contributed by atoms with Crippen LogP contribution in [0.1, 0.15) is 24.1 Å². The van der Waals surface area contributed by atoms with Crippen LogP contribution in [0.4, 0.5) is 5.69 Å². The maximum absolute atomic E-state index is 11.9. The van der Waals surface area contributed by atoms with E-state index >= 15 is 0 Å². The molecule has 23 heavy (non-hydrogen) atoms. The number of carbonyl (C=O) groups is 1. The molecule has 0 saturated heterocycles. The van der Waals surface area contributed by atoms with Gasteiger partial charge in [0.15, 0.2) is 0 Å². The molecule has 0 fully saturated rings. The first-order valence-corrected chi connectivity index (χ1v) is 8.12. The summed E-state index contributed by atoms with van der Waals surface area (Å²) in [7, 11) is 1.40. The van der Waals surface area contributed by atoms with E-state index in [1.807, 2.05) is 42.2 Å². The molecule has 2 aromatic rings. The molecule has 118 valence electrons. The van der Waals surface area contributed by atoms with E-state index in [1.165, 1.54) is 7.11 Å². The van der Waals surface area contributed by atoms with Gasteiger partial charge < -0.3 is 9.64 Å². The van der Waals surface area contributed by atoms with Crippen molar-refractivity contribution in [3.05, 3.63) is 64.1 Å². The van der Waals surface area contributed by atoms with E-state index in [-0.39, 0.29) is 18.6 Å². The number of carbonyl (C=O) groups excluding carboxylic acids is 1. The smallest absolute Gasteiger partial charge is 0.325 e. The van der Waals surface area contributed by atoms with Crippen LogP contribution in [0.25, 0.3) is 0 Å². The lowest BCUT2D eigenvalue weighted by Crippen LogP contribution is -2.40. The van der Waals surface area contributed by atoms with Crippen LogP contribution in [0.15, 0.2) is 58.0 Å². The molecule has 2 aromatic carbocycles. The molecule has 1 aliphatic heterocycles. The summed E-state index contributed by atoms with van der Waals surface area (Å²) < 4.78 is 5.84. The van der Waals surface area contributed by atoms with Gasteiger partial charge in [0.25, 0.3) is 0 Å². The molecule has 1 heterocycles. The second kappa shape index (κ2) is 6.54. The molecule has 0 unspecified atom stereocenters. The number of aliphatic imine (C=N–C) groups is 1. The SMILES string of the molecule is COC(=O)CN1C(C)=Nc2ccc(Br)cc2[C@@H]1c1ccccc1. The maximum atomic E-state index is 11.9. The number of nitrogens with zero attached hydrogens (tertiary/aromatic N) is 2. The molecule has 5 heteroatoms. The molecule has 1 atom stereocenters. The van der Waals surface area contributed by atoms with Crippen molar-refractivity contribution in [3.63, 3.8) is 0 Å². The minimum absolute atomic E-state index is 0.0692. The van der Waals surface area contributed by atoms with Crippen LogP contribution in [-0.4, -0.2) is 30.4 Å². The van der Waals surface area contributed by atoms with Gasteiger partial charge in [-0.05, 0) is 30.7 Å². The van der Waals surface area contributed by atoms with E-state index in [2.05, 4.69) is 39.1 Å². The molecule has 1 aliphatic rings. The van der Waals surface area contributed by atoms with Gasteiger partial charge >= 0.3 is 5.97 Å². The molecular weight excluding hydrogens is 356 g/mol. The number of esters is 1. The molecule has 0 aromatic heterocycles. The fourth-order valence-corrected chi connectivity index (χ4v) is 3.22. The number of ether oxygens (including phenoxy) is 1. The molecule has 0 N–H and O–H groups in total. The summed E-state index contributed by atoms with van der Waals surface area (Å²) in [5.41, 5.74) is 3.12. The number of halogens is 1. The quantitative estimate of drug-likeness (QED) is 0.762. The first-order chi connectivity index (χ1) is 11.1. The van der Waals surface area contributed by atoms with Crippen molar-refractivity contribution in [1.82, 2.24) is 4.90 Å². The fourth-order valence-electron chi connectivity index (χ4n) is 2.84. The van der Waals surface area contributed by atoms with Crippen LogP contribution in [0.3, 0.4) is 0 Å². The van der Waals surface area contributed by atoms with Crippen LogP contribution in [0.2, 0.25) is 0 Å². The molecule has 0 aliphatic carbocycles. The van der Waals surface area contributed by atoms with E-state index in [0.717, 1.165) is 27.1 Å². The Bertz CT molecular complexity index is 759. The lowest BCUT2D eigenvalue weighted by molar-refractivity contribution is -0.141. The minimum Gasteiger partial charge on any atom is -0.468 e. The van der Waals surface area contributed by atoms with Gasteiger partial charge in [-0.1, -0.05) is 46.3 Å². The third-order valence-corrected chi connectivity index (χ3v) is 4.43. The Kier molecular flexibility index (Phi) is 4.48. The number of methoxy groups -OCH3 is 1. The predicted molar refractivity (Wildman–Crippen MR) is 93.9 cm³/mol. The van der Waals surface area contributed by atoms with Crippen molar-refractivity contribution >= 4 is 33.4 Å². The van der Waals surface area contributed by atoms with Crippen LogP contribution in [0.5, 0.6) is 0 Å². The number of fused-ring (bicyclic) bond motifs is 1. The minimum atomic E-state index is -0.279. The number of benzene rings is 2. The highest BCUT2D eigenvalue weighted by atomic mass is 79.9. The summed E-state index contributed by atoms with van der Waals surface area (Å²) in [4.78, 5) is 18.5. The van der Waals surface area contributed by atoms with Crippen molar-refractivity contribution in [3.8, 4) is 0 Å². The summed E-state index contributed by atoms with van der Waals surface area (Å²) in [6, 6.07) is 16.1. The molecule has 0 saturated carbocycles. The summed E-state index contributed by atoms with van der Waals surface area (Å²) in [5, 5.41) is 0. The molecule has 0 bridgehead atoms. The Labute approximate surface area is 143 Å². The summed E-state index contributed by atoms with van der Waals surface area (Å²) in [5.74, 6) is 0.526. The molecule has 3 rings (SSSR count). The van der Waals surface area contributed by atoms with Crippen molar-refractivity contribution in [1.29, 1.82) is 0 Å². The predicted octanol–water partition coefficient (Wildman–Crippen LogP) is 4.08. The molecular formula is C18H17BrN2O2. The lowest BCUT2D eigenvalue weighted by Gasteiger charge is -2.37. The van der Waals surface area contributed by atoms with Gasteiger partial charge in [0, 0.05) is 10.0 Å². The number of hydrogen-bond donors (Lipinski definition) is 0. The average molecular weight is 373 g/mol. The molecule has 0 spiro atoms. The third kappa shape index (κ3) is 3.15. The molecule has 0 amide bonds. The number of amidine groups is 1. The first-order valence-electron chi connectivity index (χ1n) is 7.33. The van der Waals surface area contributed by atoms with Crippen LogP contribution >= 0.6 is 15.9 Å². The Morgan fingerprint density at radius 1 is 1.26 bits per heavy atom. The van der Waals surface area contributed by atoms with Crippen molar-refractivity contribution in [2.24, 2.45) is 4.99 Å². The van der Waals surface area contributed by atoms with Crippen LogP contribution in [0, 0.1) is 0 Å².